The van der Waals surface area contributed by atoms with Crippen LogP contribution in [0.25, 0.3) is 0 Å². The number of phenolic OH excluding ortho intramolecular Hbond substituents is 1. The summed E-state index contributed by atoms with van der Waals surface area (Å²) in [6.45, 7) is 0.266. The second kappa shape index (κ2) is 4.61. The minimum atomic E-state index is -1.19. The molecule has 0 spiro atoms. The van der Waals surface area contributed by atoms with Gasteiger partial charge in [0, 0.05) is 12.5 Å². The average Bonchev–Trinajstić information content (AvgIpc) is 2.30. The van der Waals surface area contributed by atoms with E-state index in [9.17, 15) is 9.18 Å². The molecule has 2 N–H and O–H groups in total. The largest absolute Gasteiger partial charge is 0.508 e. The van der Waals surface area contributed by atoms with E-state index >= 15 is 0 Å². The summed E-state index contributed by atoms with van der Waals surface area (Å²) in [5, 5.41) is 17.9. The molecule has 0 bridgehead atoms. The zero-order valence-electron chi connectivity index (χ0n) is 9.21. The number of rotatable bonds is 1. The molecule has 4 nitrogen and oxygen atoms in total. The molecule has 2 atom stereocenters. The number of piperidine rings is 1. The van der Waals surface area contributed by atoms with E-state index in [2.05, 4.69) is 0 Å². The lowest BCUT2D eigenvalue weighted by molar-refractivity contribution is 0.0963. The number of benzene rings is 1. The lowest BCUT2D eigenvalue weighted by Gasteiger charge is -2.33. The van der Waals surface area contributed by atoms with Crippen molar-refractivity contribution in [2.45, 2.75) is 18.5 Å². The van der Waals surface area contributed by atoms with E-state index in [0.717, 1.165) is 10.5 Å². The molecular formula is C12H14FNO3. The summed E-state index contributed by atoms with van der Waals surface area (Å²) in [6, 6.07) is 6.41. The van der Waals surface area contributed by atoms with Crippen LogP contribution in [0.4, 0.5) is 9.18 Å². The highest BCUT2D eigenvalue weighted by Crippen LogP contribution is 2.31. The fourth-order valence-corrected chi connectivity index (χ4v) is 2.18. The van der Waals surface area contributed by atoms with Gasteiger partial charge in [-0.1, -0.05) is 12.1 Å². The molecule has 0 aliphatic carbocycles. The van der Waals surface area contributed by atoms with Gasteiger partial charge in [0.1, 0.15) is 11.9 Å². The third-order valence-electron chi connectivity index (χ3n) is 3.13. The maximum atomic E-state index is 13.9. The van der Waals surface area contributed by atoms with Gasteiger partial charge in [-0.05, 0) is 24.1 Å². The van der Waals surface area contributed by atoms with Crippen LogP contribution in [-0.4, -0.2) is 40.5 Å². The number of hydrogen-bond donors (Lipinski definition) is 2. The summed E-state index contributed by atoms with van der Waals surface area (Å²) in [4.78, 5) is 11.8. The smallest absolute Gasteiger partial charge is 0.407 e. The number of halogens is 1. The monoisotopic (exact) mass is 239 g/mol. The van der Waals surface area contributed by atoms with Crippen LogP contribution in [0.3, 0.4) is 0 Å². The summed E-state index contributed by atoms with van der Waals surface area (Å²) >= 11 is 0. The van der Waals surface area contributed by atoms with Crippen LogP contribution < -0.4 is 0 Å². The first-order valence-corrected chi connectivity index (χ1v) is 5.49. The van der Waals surface area contributed by atoms with Crippen molar-refractivity contribution in [3.8, 4) is 5.75 Å². The van der Waals surface area contributed by atoms with Crippen LogP contribution in [0.1, 0.15) is 17.9 Å². The van der Waals surface area contributed by atoms with E-state index in [1.165, 1.54) is 12.1 Å². The van der Waals surface area contributed by atoms with Crippen LogP contribution in [0.15, 0.2) is 24.3 Å². The van der Waals surface area contributed by atoms with E-state index < -0.39 is 12.3 Å². The molecule has 2 unspecified atom stereocenters. The van der Waals surface area contributed by atoms with Gasteiger partial charge in [-0.15, -0.1) is 0 Å². The molecule has 5 heteroatoms. The number of phenols is 1. The summed E-state index contributed by atoms with van der Waals surface area (Å²) in [5.41, 5.74) is 0.806. The number of amides is 1. The normalized spacial score (nSPS) is 24.6. The fourth-order valence-electron chi connectivity index (χ4n) is 2.18. The number of carbonyl (C=O) groups is 1. The fraction of sp³-hybridized carbons (Fsp3) is 0.417. The minimum Gasteiger partial charge on any atom is -0.508 e. The third-order valence-corrected chi connectivity index (χ3v) is 3.13. The molecule has 0 aromatic heterocycles. The molecule has 0 saturated carbocycles. The SMILES string of the molecule is O=C(O)N1CCC(c2ccc(O)cc2)C(F)C1. The molecule has 1 aromatic carbocycles. The Kier molecular flexibility index (Phi) is 3.17. The lowest BCUT2D eigenvalue weighted by Crippen LogP contribution is -2.43. The van der Waals surface area contributed by atoms with Gasteiger partial charge in [-0.3, -0.25) is 0 Å². The quantitative estimate of drug-likeness (QED) is 0.789. The van der Waals surface area contributed by atoms with Crippen LogP contribution in [-0.2, 0) is 0 Å². The first-order chi connectivity index (χ1) is 8.08. The predicted molar refractivity (Wildman–Crippen MR) is 60.0 cm³/mol. The first-order valence-electron chi connectivity index (χ1n) is 5.49. The van der Waals surface area contributed by atoms with Crippen molar-refractivity contribution in [3.05, 3.63) is 29.8 Å². The van der Waals surface area contributed by atoms with Crippen molar-refractivity contribution >= 4 is 6.09 Å². The molecule has 17 heavy (non-hydrogen) atoms. The average molecular weight is 239 g/mol. The van der Waals surface area contributed by atoms with Gasteiger partial charge in [0.15, 0.2) is 0 Å². The van der Waals surface area contributed by atoms with E-state index in [1.54, 1.807) is 12.1 Å². The van der Waals surface area contributed by atoms with E-state index in [-0.39, 0.29) is 18.2 Å². The molecule has 2 rings (SSSR count). The molecular weight excluding hydrogens is 225 g/mol. The second-order valence-electron chi connectivity index (χ2n) is 4.23. The Labute approximate surface area is 98.3 Å². The van der Waals surface area contributed by atoms with Crippen molar-refractivity contribution in [3.63, 3.8) is 0 Å². The van der Waals surface area contributed by atoms with Crippen molar-refractivity contribution in [2.24, 2.45) is 0 Å². The van der Waals surface area contributed by atoms with Crippen LogP contribution >= 0.6 is 0 Å². The highest BCUT2D eigenvalue weighted by atomic mass is 19.1. The number of nitrogens with zero attached hydrogens (tertiary/aromatic N) is 1. The van der Waals surface area contributed by atoms with Crippen molar-refractivity contribution in [1.82, 2.24) is 4.90 Å². The van der Waals surface area contributed by atoms with E-state index in [0.29, 0.717) is 13.0 Å². The predicted octanol–water partition coefficient (Wildman–Crippen LogP) is 2.20. The number of alkyl halides is 1. The standard InChI is InChI=1S/C12H14FNO3/c13-11-7-14(12(16)17)6-5-10(11)8-1-3-9(15)4-2-8/h1-4,10-11,15H,5-7H2,(H,16,17). The Hall–Kier alpha value is -1.78. The zero-order chi connectivity index (χ0) is 12.4. The molecule has 1 aromatic rings. The van der Waals surface area contributed by atoms with Crippen molar-refractivity contribution < 1.29 is 19.4 Å². The molecule has 1 fully saturated rings. The van der Waals surface area contributed by atoms with Crippen LogP contribution in [0.5, 0.6) is 5.75 Å². The van der Waals surface area contributed by atoms with Gasteiger partial charge in [-0.25, -0.2) is 9.18 Å². The zero-order valence-corrected chi connectivity index (χ0v) is 9.21. The Morgan fingerprint density at radius 3 is 2.53 bits per heavy atom. The van der Waals surface area contributed by atoms with Gasteiger partial charge in [-0.2, -0.15) is 0 Å². The third kappa shape index (κ3) is 2.49. The second-order valence-corrected chi connectivity index (χ2v) is 4.23. The molecule has 1 aliphatic rings. The molecule has 1 saturated heterocycles. The van der Waals surface area contributed by atoms with Crippen LogP contribution in [0, 0.1) is 0 Å². The van der Waals surface area contributed by atoms with Crippen molar-refractivity contribution in [2.75, 3.05) is 13.1 Å². The van der Waals surface area contributed by atoms with E-state index in [4.69, 9.17) is 10.2 Å². The highest BCUT2D eigenvalue weighted by molar-refractivity contribution is 5.65. The lowest BCUT2D eigenvalue weighted by atomic mass is 9.88. The van der Waals surface area contributed by atoms with Gasteiger partial charge in [0.05, 0.1) is 6.54 Å². The molecule has 1 heterocycles. The summed E-state index contributed by atoms with van der Waals surface area (Å²) in [7, 11) is 0. The Morgan fingerprint density at radius 2 is 2.00 bits per heavy atom. The maximum absolute atomic E-state index is 13.9. The Morgan fingerprint density at radius 1 is 1.35 bits per heavy atom. The Bertz CT molecular complexity index is 407. The molecule has 1 aliphatic heterocycles. The molecule has 1 amide bonds. The summed E-state index contributed by atoms with van der Waals surface area (Å²) in [5.74, 6) is -0.140. The van der Waals surface area contributed by atoms with Gasteiger partial charge in [0.2, 0.25) is 0 Å². The number of aromatic hydroxyl groups is 1. The maximum Gasteiger partial charge on any atom is 0.407 e. The number of likely N-dealkylation sites (tertiary alicyclic amines) is 1. The highest BCUT2D eigenvalue weighted by Gasteiger charge is 2.32. The van der Waals surface area contributed by atoms with Gasteiger partial charge < -0.3 is 15.1 Å². The summed E-state index contributed by atoms with van der Waals surface area (Å²) in [6.07, 6.45) is -1.79. The van der Waals surface area contributed by atoms with Gasteiger partial charge in [0.25, 0.3) is 0 Å². The number of hydrogen-bond acceptors (Lipinski definition) is 2. The minimum absolute atomic E-state index is 0.0825. The topological polar surface area (TPSA) is 60.8 Å². The Balaban J connectivity index is 2.09. The summed E-state index contributed by atoms with van der Waals surface area (Å²) < 4.78 is 13.9. The molecule has 0 radical (unpaired) electrons. The molecule has 92 valence electrons. The first kappa shape index (κ1) is 11.7. The number of carboxylic acid groups (broad SMARTS) is 1. The van der Waals surface area contributed by atoms with Gasteiger partial charge >= 0.3 is 6.09 Å². The van der Waals surface area contributed by atoms with Crippen LogP contribution in [0.2, 0.25) is 0 Å². The van der Waals surface area contributed by atoms with Crippen molar-refractivity contribution in [1.29, 1.82) is 0 Å². The van der Waals surface area contributed by atoms with E-state index in [1.807, 2.05) is 0 Å².